The molecule has 3 fully saturated rings. The van der Waals surface area contributed by atoms with Gasteiger partial charge in [-0.25, -0.2) is 4.79 Å². The zero-order valence-corrected chi connectivity index (χ0v) is 21.8. The van der Waals surface area contributed by atoms with Gasteiger partial charge in [0.25, 0.3) is 0 Å². The molecule has 1 aliphatic heterocycles. The van der Waals surface area contributed by atoms with Crippen molar-refractivity contribution >= 4 is 5.97 Å². The zero-order chi connectivity index (χ0) is 26.3. The Balaban J connectivity index is 1.95. The molecule has 0 radical (unpaired) electrons. The predicted molar refractivity (Wildman–Crippen MR) is 127 cm³/mol. The number of allylic oxidation sites excluding steroid dienone is 1. The van der Waals surface area contributed by atoms with Crippen molar-refractivity contribution in [2.75, 3.05) is 6.61 Å². The first-order valence-corrected chi connectivity index (χ1v) is 12.8. The summed E-state index contributed by atoms with van der Waals surface area (Å²) >= 11 is 0. The zero-order valence-electron chi connectivity index (χ0n) is 21.8. The second-order valence-electron chi connectivity index (χ2n) is 11.5. The molecule has 35 heavy (non-hydrogen) atoms. The maximum absolute atomic E-state index is 12.4. The van der Waals surface area contributed by atoms with E-state index in [-0.39, 0.29) is 11.8 Å². The number of rotatable bonds is 6. The molecule has 5 N–H and O–H groups in total. The summed E-state index contributed by atoms with van der Waals surface area (Å²) in [5.74, 6) is -0.949. The minimum absolute atomic E-state index is 0.00588. The standard InChI is InChI=1S/C26H44O9/c1-7-14(4)23(31)34-21-18(29)16(12-27)33-24(19(21)30)35-20-15(13(2)3)8-10-25(5)17(28)9-11-26(6,32)22(20)25/h7,13,15-22,24,27-30,32H,8-12H2,1-6H3/b14-7-/t15-,16+,17-,18+,19+,20+,21-,22-,24-,25+,26-/m0/s1. The number of carbonyl (C=O) groups excluding carboxylic acids is 1. The maximum Gasteiger partial charge on any atom is 0.333 e. The van der Waals surface area contributed by atoms with Crippen molar-refractivity contribution in [3.63, 3.8) is 0 Å². The van der Waals surface area contributed by atoms with Crippen LogP contribution in [0.25, 0.3) is 0 Å². The topological polar surface area (TPSA) is 146 Å². The van der Waals surface area contributed by atoms with Gasteiger partial charge in [0.1, 0.15) is 18.3 Å². The number of aliphatic hydroxyl groups excluding tert-OH is 4. The molecular formula is C26H44O9. The SMILES string of the molecule is C/C=C(/C)C(=O)O[C@@H]1[C@@H](O)[C@H](O[C@@H]2[C@H](C(C)C)CC[C@]3(C)[C@@H](O)CC[C@](C)(O)[C@@H]23)O[C@H](CO)[C@H]1O. The van der Waals surface area contributed by atoms with Crippen molar-refractivity contribution in [2.24, 2.45) is 23.2 Å². The fraction of sp³-hybridized carbons (Fsp3) is 0.885. The Morgan fingerprint density at radius 2 is 1.77 bits per heavy atom. The van der Waals surface area contributed by atoms with E-state index in [1.807, 2.05) is 6.92 Å². The number of aliphatic hydroxyl groups is 5. The quantitative estimate of drug-likeness (QED) is 0.269. The third-order valence-corrected chi connectivity index (χ3v) is 8.80. The van der Waals surface area contributed by atoms with E-state index in [1.54, 1.807) is 26.8 Å². The number of hydrogen-bond acceptors (Lipinski definition) is 9. The summed E-state index contributed by atoms with van der Waals surface area (Å²) in [6, 6.07) is 0. The summed E-state index contributed by atoms with van der Waals surface area (Å²) < 4.78 is 17.6. The van der Waals surface area contributed by atoms with Gasteiger partial charge in [0, 0.05) is 16.9 Å². The largest absolute Gasteiger partial charge is 0.453 e. The van der Waals surface area contributed by atoms with Crippen LogP contribution in [0.2, 0.25) is 0 Å². The van der Waals surface area contributed by atoms with Crippen LogP contribution in [-0.2, 0) is 19.0 Å². The fourth-order valence-corrected chi connectivity index (χ4v) is 6.46. The minimum atomic E-state index is -1.53. The van der Waals surface area contributed by atoms with E-state index in [0.717, 1.165) is 12.8 Å². The summed E-state index contributed by atoms with van der Waals surface area (Å²) in [4.78, 5) is 12.4. The van der Waals surface area contributed by atoms with Crippen molar-refractivity contribution in [3.8, 4) is 0 Å². The first kappa shape index (κ1) is 28.5. The lowest BCUT2D eigenvalue weighted by molar-refractivity contribution is -0.339. The second kappa shape index (κ2) is 10.7. The average molecular weight is 501 g/mol. The van der Waals surface area contributed by atoms with Gasteiger partial charge in [-0.2, -0.15) is 0 Å². The van der Waals surface area contributed by atoms with Gasteiger partial charge in [-0.05, 0) is 58.3 Å². The van der Waals surface area contributed by atoms with Gasteiger partial charge in [-0.3, -0.25) is 0 Å². The highest BCUT2D eigenvalue weighted by Gasteiger charge is 2.61. The van der Waals surface area contributed by atoms with Crippen LogP contribution < -0.4 is 0 Å². The number of hydrogen-bond donors (Lipinski definition) is 5. The van der Waals surface area contributed by atoms with Gasteiger partial charge in [0.2, 0.25) is 0 Å². The predicted octanol–water partition coefficient (Wildman–Crippen LogP) is 1.28. The normalized spacial score (nSPS) is 46.9. The Morgan fingerprint density at radius 1 is 1.11 bits per heavy atom. The number of ether oxygens (including phenoxy) is 3. The smallest absolute Gasteiger partial charge is 0.333 e. The van der Waals surface area contributed by atoms with E-state index in [9.17, 15) is 30.3 Å². The van der Waals surface area contributed by atoms with E-state index in [4.69, 9.17) is 14.2 Å². The molecule has 2 aliphatic carbocycles. The molecule has 0 aromatic rings. The second-order valence-corrected chi connectivity index (χ2v) is 11.5. The molecular weight excluding hydrogens is 456 g/mol. The molecule has 1 heterocycles. The minimum Gasteiger partial charge on any atom is -0.453 e. The highest BCUT2D eigenvalue weighted by molar-refractivity contribution is 5.87. The third-order valence-electron chi connectivity index (χ3n) is 8.80. The first-order valence-electron chi connectivity index (χ1n) is 12.8. The first-order chi connectivity index (χ1) is 16.3. The van der Waals surface area contributed by atoms with E-state index in [0.29, 0.717) is 18.4 Å². The molecule has 202 valence electrons. The Morgan fingerprint density at radius 3 is 2.34 bits per heavy atom. The summed E-state index contributed by atoms with van der Waals surface area (Å²) in [6.07, 6.45) is -4.06. The fourth-order valence-electron chi connectivity index (χ4n) is 6.46. The lowest BCUT2D eigenvalue weighted by Gasteiger charge is -2.60. The van der Waals surface area contributed by atoms with Gasteiger partial charge < -0.3 is 39.7 Å². The van der Waals surface area contributed by atoms with E-state index >= 15 is 0 Å². The Bertz CT molecular complexity index is 781. The third kappa shape index (κ3) is 5.32. The highest BCUT2D eigenvalue weighted by Crippen LogP contribution is 2.57. The molecule has 11 atom stereocenters. The van der Waals surface area contributed by atoms with Gasteiger partial charge in [-0.1, -0.05) is 26.8 Å². The maximum atomic E-state index is 12.4. The monoisotopic (exact) mass is 500 g/mol. The summed E-state index contributed by atoms with van der Waals surface area (Å²) in [5, 5.41) is 54.0. The molecule has 3 rings (SSSR count). The molecule has 0 spiro atoms. The van der Waals surface area contributed by atoms with Crippen molar-refractivity contribution in [1.82, 2.24) is 0 Å². The molecule has 2 saturated carbocycles. The molecule has 0 amide bonds. The van der Waals surface area contributed by atoms with Gasteiger partial charge in [-0.15, -0.1) is 0 Å². The number of esters is 1. The molecule has 0 aromatic heterocycles. The molecule has 9 nitrogen and oxygen atoms in total. The summed E-state index contributed by atoms with van der Waals surface area (Å²) in [7, 11) is 0. The lowest BCUT2D eigenvalue weighted by atomic mass is 9.50. The Hall–Kier alpha value is -1.07. The van der Waals surface area contributed by atoms with Crippen molar-refractivity contribution in [1.29, 1.82) is 0 Å². The summed E-state index contributed by atoms with van der Waals surface area (Å²) in [6.45, 7) is 10.5. The van der Waals surface area contributed by atoms with Crippen LogP contribution in [0.4, 0.5) is 0 Å². The van der Waals surface area contributed by atoms with Gasteiger partial charge in [0.05, 0.1) is 24.4 Å². The van der Waals surface area contributed by atoms with Crippen LogP contribution in [0.1, 0.15) is 67.2 Å². The van der Waals surface area contributed by atoms with Crippen LogP contribution in [0.3, 0.4) is 0 Å². The van der Waals surface area contributed by atoms with Crippen LogP contribution in [0.15, 0.2) is 11.6 Å². The van der Waals surface area contributed by atoms with E-state index in [2.05, 4.69) is 13.8 Å². The Labute approximate surface area is 208 Å². The molecule has 9 heteroatoms. The molecule has 0 aromatic carbocycles. The van der Waals surface area contributed by atoms with Gasteiger partial charge in [0.15, 0.2) is 12.4 Å². The van der Waals surface area contributed by atoms with Crippen LogP contribution in [0.5, 0.6) is 0 Å². The van der Waals surface area contributed by atoms with Crippen molar-refractivity contribution in [2.45, 2.75) is 116 Å². The van der Waals surface area contributed by atoms with Crippen LogP contribution >= 0.6 is 0 Å². The van der Waals surface area contributed by atoms with E-state index < -0.39 is 72.4 Å². The highest BCUT2D eigenvalue weighted by atomic mass is 16.7. The van der Waals surface area contributed by atoms with Crippen LogP contribution in [-0.4, -0.2) is 86.6 Å². The lowest BCUT2D eigenvalue weighted by Crippen LogP contribution is -2.66. The molecule has 1 saturated heterocycles. The van der Waals surface area contributed by atoms with Gasteiger partial charge >= 0.3 is 5.97 Å². The van der Waals surface area contributed by atoms with Crippen molar-refractivity contribution in [3.05, 3.63) is 11.6 Å². The number of fused-ring (bicyclic) bond motifs is 1. The number of carbonyl (C=O) groups is 1. The summed E-state index contributed by atoms with van der Waals surface area (Å²) in [5.41, 5.74) is -1.40. The molecule has 0 unspecified atom stereocenters. The van der Waals surface area contributed by atoms with Crippen molar-refractivity contribution < 1.29 is 44.5 Å². The molecule has 3 aliphatic rings. The average Bonchev–Trinajstić information content (AvgIpc) is 2.80. The molecule has 0 bridgehead atoms. The Kier molecular flexibility index (Phi) is 8.74. The van der Waals surface area contributed by atoms with E-state index in [1.165, 1.54) is 0 Å². The van der Waals surface area contributed by atoms with Crippen LogP contribution in [0, 0.1) is 23.2 Å².